The number of hydrogen-bond acceptors (Lipinski definition) is 7. The summed E-state index contributed by atoms with van der Waals surface area (Å²) < 4.78 is 6.29. The van der Waals surface area contributed by atoms with E-state index in [9.17, 15) is 4.79 Å². The summed E-state index contributed by atoms with van der Waals surface area (Å²) in [5.74, 6) is 0. The largest absolute Gasteiger partial charge is 0.444 e. The van der Waals surface area contributed by atoms with Gasteiger partial charge in [-0.2, -0.15) is 5.10 Å². The number of ether oxygens (including phenoxy) is 1. The predicted octanol–water partition coefficient (Wildman–Crippen LogP) is 5.18. The van der Waals surface area contributed by atoms with E-state index in [-0.39, 0.29) is 0 Å². The van der Waals surface area contributed by atoms with Gasteiger partial charge in [-0.15, -0.1) is 0 Å². The van der Waals surface area contributed by atoms with Gasteiger partial charge in [-0.3, -0.25) is 10.4 Å². The van der Waals surface area contributed by atoms with Crippen LogP contribution in [0, 0.1) is 0 Å². The Bertz CT molecular complexity index is 905. The van der Waals surface area contributed by atoms with E-state index >= 15 is 0 Å². The number of alkyl carbamates (subject to hydrolysis) is 1. The van der Waals surface area contributed by atoms with Gasteiger partial charge >= 0.3 is 6.09 Å². The number of hydrogen-bond donors (Lipinski definition) is 2. The minimum absolute atomic E-state index is 0.400. The lowest BCUT2D eigenvalue weighted by molar-refractivity contribution is 0.0527. The lowest BCUT2D eigenvalue weighted by atomic mass is 10.2. The number of rotatable bonds is 9. The molecular formula is C22H29N5O2S. The Morgan fingerprint density at radius 3 is 2.83 bits per heavy atom. The molecule has 1 aromatic heterocycles. The van der Waals surface area contributed by atoms with Crippen LogP contribution in [0.3, 0.4) is 0 Å². The lowest BCUT2D eigenvalue weighted by Crippen LogP contribution is -2.33. The summed E-state index contributed by atoms with van der Waals surface area (Å²) in [4.78, 5) is 20.3. The number of aliphatic imine (C=N–C) groups is 1. The molecule has 0 aliphatic carbocycles. The van der Waals surface area contributed by atoms with Crippen molar-refractivity contribution in [3.8, 4) is 0 Å². The number of anilines is 1. The normalized spacial score (nSPS) is 13.0. The maximum atomic E-state index is 11.5. The highest BCUT2D eigenvalue weighted by molar-refractivity contribution is 7.22. The summed E-state index contributed by atoms with van der Waals surface area (Å²) in [6.07, 6.45) is 9.56. The second-order valence-corrected chi connectivity index (χ2v) is 8.37. The van der Waals surface area contributed by atoms with Crippen LogP contribution in [-0.4, -0.2) is 42.2 Å². The average molecular weight is 428 g/mol. The number of hydrazone groups is 1. The van der Waals surface area contributed by atoms with Gasteiger partial charge in [0.2, 0.25) is 5.13 Å². The summed E-state index contributed by atoms with van der Waals surface area (Å²) in [6, 6.07) is 7.98. The quantitative estimate of drug-likeness (QED) is 0.250. The van der Waals surface area contributed by atoms with Crippen LogP contribution in [0.1, 0.15) is 34.1 Å². The number of benzene rings is 1. The molecule has 0 bridgehead atoms. The molecular weight excluding hydrogens is 398 g/mol. The molecule has 0 unspecified atom stereocenters. The van der Waals surface area contributed by atoms with Gasteiger partial charge in [0.15, 0.2) is 0 Å². The molecule has 1 aromatic carbocycles. The molecule has 7 nitrogen and oxygen atoms in total. The highest BCUT2D eigenvalue weighted by Crippen LogP contribution is 2.25. The zero-order valence-electron chi connectivity index (χ0n) is 17.9. The number of nitrogens with zero attached hydrogens (tertiary/aromatic N) is 3. The minimum Gasteiger partial charge on any atom is -0.444 e. The highest BCUT2D eigenvalue weighted by atomic mass is 32.1. The molecule has 0 atom stereocenters. The van der Waals surface area contributed by atoms with Crippen LogP contribution in [0.5, 0.6) is 0 Å². The van der Waals surface area contributed by atoms with E-state index in [4.69, 9.17) is 4.74 Å². The molecule has 0 aliphatic heterocycles. The molecule has 160 valence electrons. The Kier molecular flexibility index (Phi) is 9.21. The monoisotopic (exact) mass is 427 g/mol. The number of para-hydroxylation sites is 1. The molecule has 0 saturated carbocycles. The van der Waals surface area contributed by atoms with Gasteiger partial charge in [0.05, 0.1) is 16.4 Å². The van der Waals surface area contributed by atoms with Gasteiger partial charge < -0.3 is 10.1 Å². The Labute approximate surface area is 181 Å². The van der Waals surface area contributed by atoms with Gasteiger partial charge in [0.25, 0.3) is 0 Å². The van der Waals surface area contributed by atoms with E-state index in [0.29, 0.717) is 13.1 Å². The highest BCUT2D eigenvalue weighted by Gasteiger charge is 2.15. The number of nitrogens with one attached hydrogen (secondary N) is 2. The van der Waals surface area contributed by atoms with Gasteiger partial charge in [0.1, 0.15) is 5.60 Å². The van der Waals surface area contributed by atoms with Crippen molar-refractivity contribution < 1.29 is 9.53 Å². The molecule has 0 saturated heterocycles. The Hall–Kier alpha value is -3.00. The zero-order valence-corrected chi connectivity index (χ0v) is 18.7. The first-order chi connectivity index (χ1) is 14.4. The second-order valence-electron chi connectivity index (χ2n) is 7.34. The van der Waals surface area contributed by atoms with E-state index in [0.717, 1.165) is 27.3 Å². The van der Waals surface area contributed by atoms with Crippen molar-refractivity contribution >= 4 is 45.2 Å². The first-order valence-electron chi connectivity index (χ1n) is 9.82. The predicted molar refractivity (Wildman–Crippen MR) is 127 cm³/mol. The Morgan fingerprint density at radius 2 is 2.10 bits per heavy atom. The Morgan fingerprint density at radius 1 is 1.30 bits per heavy atom. The van der Waals surface area contributed by atoms with Crippen molar-refractivity contribution in [1.29, 1.82) is 0 Å². The number of fused-ring (bicyclic) bond motifs is 1. The fraction of sp³-hybridized carbons (Fsp3) is 0.364. The molecule has 0 spiro atoms. The van der Waals surface area contributed by atoms with Crippen molar-refractivity contribution in [1.82, 2.24) is 10.3 Å². The molecule has 0 radical (unpaired) electrons. The summed E-state index contributed by atoms with van der Waals surface area (Å²) >= 11 is 1.56. The molecule has 2 N–H and O–H groups in total. The number of aromatic nitrogens is 1. The fourth-order valence-electron chi connectivity index (χ4n) is 2.26. The van der Waals surface area contributed by atoms with Gasteiger partial charge in [-0.05, 0) is 57.9 Å². The minimum atomic E-state index is -0.481. The molecule has 2 rings (SSSR count). The molecule has 2 aromatic rings. The SMILES string of the molecule is C/C=C(\C=C/C=NCCCNC(=O)OC(C)(C)C)/C=N/Nc1nc2ccccc2s1. The molecule has 8 heteroatoms. The smallest absolute Gasteiger partial charge is 0.407 e. The van der Waals surface area contributed by atoms with E-state index in [1.165, 1.54) is 0 Å². The Balaban J connectivity index is 1.67. The van der Waals surface area contributed by atoms with Crippen molar-refractivity contribution in [2.45, 2.75) is 39.7 Å². The van der Waals surface area contributed by atoms with Crippen LogP contribution in [0.2, 0.25) is 0 Å². The van der Waals surface area contributed by atoms with Crippen molar-refractivity contribution in [3.05, 3.63) is 48.1 Å². The average Bonchev–Trinajstić information content (AvgIpc) is 3.10. The van der Waals surface area contributed by atoms with E-state index in [1.807, 2.05) is 70.2 Å². The number of carbonyl (C=O) groups is 1. The third-order valence-corrected chi connectivity index (χ3v) is 4.55. The van der Waals surface area contributed by atoms with Crippen LogP contribution < -0.4 is 10.7 Å². The molecule has 1 amide bonds. The summed E-state index contributed by atoms with van der Waals surface area (Å²) in [5.41, 5.74) is 4.40. The fourth-order valence-corrected chi connectivity index (χ4v) is 3.08. The van der Waals surface area contributed by atoms with Crippen LogP contribution in [0.25, 0.3) is 10.2 Å². The third-order valence-electron chi connectivity index (χ3n) is 3.61. The standard InChI is InChI=1S/C22H29N5O2S/c1-5-17(16-25-27-20-26-18-11-6-7-12-19(18)30-20)10-8-13-23-14-9-15-24-21(28)29-22(2,3)4/h5-8,10-13,16H,9,14-15H2,1-4H3,(H,24,28)(H,26,27)/b10-8-,17-5+,23-13?,25-16+. The summed E-state index contributed by atoms with van der Waals surface area (Å²) in [6.45, 7) is 8.61. The van der Waals surface area contributed by atoms with Crippen LogP contribution >= 0.6 is 11.3 Å². The van der Waals surface area contributed by atoms with Crippen LogP contribution in [0.15, 0.2) is 58.2 Å². The van der Waals surface area contributed by atoms with E-state index in [2.05, 4.69) is 25.8 Å². The second kappa shape index (κ2) is 11.9. The number of allylic oxidation sites excluding steroid dienone is 4. The van der Waals surface area contributed by atoms with Gasteiger partial charge in [-0.1, -0.05) is 35.6 Å². The van der Waals surface area contributed by atoms with Gasteiger partial charge in [-0.25, -0.2) is 9.78 Å². The molecule has 0 aliphatic rings. The van der Waals surface area contributed by atoms with Gasteiger partial charge in [0, 0.05) is 19.3 Å². The van der Waals surface area contributed by atoms with Crippen LogP contribution in [0.4, 0.5) is 9.93 Å². The molecule has 30 heavy (non-hydrogen) atoms. The maximum Gasteiger partial charge on any atom is 0.407 e. The zero-order chi connectivity index (χ0) is 21.8. The number of amides is 1. The maximum absolute atomic E-state index is 11.5. The molecule has 1 heterocycles. The van der Waals surface area contributed by atoms with Crippen LogP contribution in [-0.2, 0) is 4.74 Å². The third kappa shape index (κ3) is 9.00. The van der Waals surface area contributed by atoms with Crippen molar-refractivity contribution in [2.75, 3.05) is 18.5 Å². The first-order valence-corrected chi connectivity index (χ1v) is 10.6. The summed E-state index contributed by atoms with van der Waals surface area (Å²) in [7, 11) is 0. The molecule has 0 fully saturated rings. The van der Waals surface area contributed by atoms with E-state index < -0.39 is 11.7 Å². The topological polar surface area (TPSA) is 88.0 Å². The first kappa shape index (κ1) is 23.3. The summed E-state index contributed by atoms with van der Waals surface area (Å²) in [5, 5.41) is 7.72. The lowest BCUT2D eigenvalue weighted by Gasteiger charge is -2.19. The van der Waals surface area contributed by atoms with E-state index in [1.54, 1.807) is 23.8 Å². The van der Waals surface area contributed by atoms with Crippen molar-refractivity contribution in [3.63, 3.8) is 0 Å². The van der Waals surface area contributed by atoms with Crippen molar-refractivity contribution in [2.24, 2.45) is 10.1 Å². The number of carbonyl (C=O) groups excluding carboxylic acids is 1. The number of thiazole rings is 1.